The Morgan fingerprint density at radius 3 is 2.78 bits per heavy atom. The molecule has 1 amide bonds. The van der Waals surface area contributed by atoms with Crippen molar-refractivity contribution in [1.82, 2.24) is 25.3 Å². The van der Waals surface area contributed by atoms with Gasteiger partial charge < -0.3 is 20.3 Å². The molecule has 32 heavy (non-hydrogen) atoms. The van der Waals surface area contributed by atoms with Gasteiger partial charge in [0, 0.05) is 39.4 Å². The van der Waals surface area contributed by atoms with Gasteiger partial charge in [-0.25, -0.2) is 4.99 Å². The number of carbonyl (C=O) groups excluding carboxylic acids is 1. The number of hydrogen-bond donors (Lipinski definition) is 2. The lowest BCUT2D eigenvalue weighted by Gasteiger charge is -2.21. The number of benzene rings is 1. The van der Waals surface area contributed by atoms with Gasteiger partial charge in [0.15, 0.2) is 12.6 Å². The van der Waals surface area contributed by atoms with E-state index in [1.165, 1.54) is 5.56 Å². The van der Waals surface area contributed by atoms with Crippen molar-refractivity contribution in [2.75, 3.05) is 32.8 Å². The summed E-state index contributed by atoms with van der Waals surface area (Å²) in [4.78, 5) is 18.8. The average molecular weight is 554 g/mol. The van der Waals surface area contributed by atoms with Crippen LogP contribution in [0, 0.1) is 5.92 Å². The molecule has 1 atom stereocenters. The molecule has 2 heterocycles. The number of carbonyl (C=O) groups is 1. The van der Waals surface area contributed by atoms with Crippen molar-refractivity contribution in [3.8, 4) is 5.75 Å². The second-order valence-electron chi connectivity index (χ2n) is 7.89. The van der Waals surface area contributed by atoms with E-state index in [2.05, 4.69) is 33.8 Å². The summed E-state index contributed by atoms with van der Waals surface area (Å²) < 4.78 is 7.46. The Bertz CT molecular complexity index is 885. The first-order valence-electron chi connectivity index (χ1n) is 11.1. The van der Waals surface area contributed by atoms with E-state index in [0.29, 0.717) is 24.8 Å². The van der Waals surface area contributed by atoms with Crippen LogP contribution in [0.4, 0.5) is 0 Å². The van der Waals surface area contributed by atoms with Crippen molar-refractivity contribution in [3.05, 3.63) is 47.8 Å². The van der Waals surface area contributed by atoms with E-state index in [-0.39, 0.29) is 36.5 Å². The molecule has 0 spiro atoms. The minimum atomic E-state index is -0.116. The lowest BCUT2D eigenvalue weighted by molar-refractivity contribution is -0.122. The third-order valence-corrected chi connectivity index (χ3v) is 5.26. The van der Waals surface area contributed by atoms with Gasteiger partial charge in [0.1, 0.15) is 5.75 Å². The van der Waals surface area contributed by atoms with E-state index in [1.54, 1.807) is 0 Å². The first-order valence-corrected chi connectivity index (χ1v) is 11.1. The first kappa shape index (κ1) is 26.0. The number of nitrogens with one attached hydrogen (secondary N) is 2. The van der Waals surface area contributed by atoms with E-state index >= 15 is 0 Å². The molecule has 1 fully saturated rings. The summed E-state index contributed by atoms with van der Waals surface area (Å²) in [5.41, 5.74) is 2.34. The maximum atomic E-state index is 11.6. The lowest BCUT2D eigenvalue weighted by atomic mass is 10.0. The van der Waals surface area contributed by atoms with Gasteiger partial charge >= 0.3 is 0 Å². The molecule has 176 valence electrons. The molecule has 1 saturated heterocycles. The number of ether oxygens (including phenoxy) is 1. The quantitative estimate of drug-likeness (QED) is 0.283. The first-order chi connectivity index (χ1) is 15.1. The number of nitrogens with zero attached hydrogens (tertiary/aromatic N) is 4. The number of halogens is 1. The van der Waals surface area contributed by atoms with Crippen LogP contribution in [0.25, 0.3) is 0 Å². The summed E-state index contributed by atoms with van der Waals surface area (Å²) in [6.45, 7) is 8.00. The summed E-state index contributed by atoms with van der Waals surface area (Å²) in [7, 11) is 1.96. The third kappa shape index (κ3) is 7.99. The summed E-state index contributed by atoms with van der Waals surface area (Å²) in [5.74, 6) is 2.13. The Morgan fingerprint density at radius 2 is 2.06 bits per heavy atom. The predicted octanol–water partition coefficient (Wildman–Crippen LogP) is 2.58. The average Bonchev–Trinajstić information content (AvgIpc) is 3.39. The molecule has 1 aromatic heterocycles. The fraction of sp³-hybridized carbons (Fsp3) is 0.522. The van der Waals surface area contributed by atoms with Gasteiger partial charge in [0.25, 0.3) is 5.91 Å². The normalized spacial score (nSPS) is 15.9. The van der Waals surface area contributed by atoms with Crippen LogP contribution in [-0.2, 0) is 24.8 Å². The van der Waals surface area contributed by atoms with Crippen molar-refractivity contribution >= 4 is 35.8 Å². The highest BCUT2D eigenvalue weighted by Gasteiger charge is 2.25. The minimum absolute atomic E-state index is 0. The molecule has 1 unspecified atom stereocenters. The SMILES string of the molecule is CCNC(=O)COc1cccc(CN=C(NCC)N2CCC(Cc3cnn(C)c3)C2)c1.I. The summed E-state index contributed by atoms with van der Waals surface area (Å²) in [6.07, 6.45) is 6.27. The van der Waals surface area contributed by atoms with E-state index < -0.39 is 0 Å². The maximum Gasteiger partial charge on any atom is 0.257 e. The van der Waals surface area contributed by atoms with Gasteiger partial charge in [-0.15, -0.1) is 24.0 Å². The number of amides is 1. The fourth-order valence-corrected chi connectivity index (χ4v) is 3.82. The Hall–Kier alpha value is -2.30. The van der Waals surface area contributed by atoms with Gasteiger partial charge in [0.2, 0.25) is 0 Å². The largest absolute Gasteiger partial charge is 0.484 e. The van der Waals surface area contributed by atoms with Crippen LogP contribution in [0.5, 0.6) is 5.75 Å². The Kier molecular flexibility index (Phi) is 10.8. The molecular formula is C23H35IN6O2. The molecule has 0 saturated carbocycles. The molecule has 8 nitrogen and oxygen atoms in total. The molecule has 9 heteroatoms. The topological polar surface area (TPSA) is 83.8 Å². The number of rotatable bonds is 9. The Labute approximate surface area is 207 Å². The summed E-state index contributed by atoms with van der Waals surface area (Å²) in [6, 6.07) is 7.77. The molecule has 2 aromatic rings. The predicted molar refractivity (Wildman–Crippen MR) is 137 cm³/mol. The van der Waals surface area contributed by atoms with Gasteiger partial charge in [0.05, 0.1) is 12.7 Å². The molecule has 1 aromatic carbocycles. The van der Waals surface area contributed by atoms with E-state index in [0.717, 1.165) is 44.0 Å². The molecule has 2 N–H and O–H groups in total. The highest BCUT2D eigenvalue weighted by molar-refractivity contribution is 14.0. The van der Waals surface area contributed by atoms with Gasteiger partial charge in [-0.1, -0.05) is 12.1 Å². The zero-order valence-corrected chi connectivity index (χ0v) is 21.5. The summed E-state index contributed by atoms with van der Waals surface area (Å²) in [5, 5.41) is 10.4. The molecule has 3 rings (SSSR count). The number of aryl methyl sites for hydroxylation is 1. The molecular weight excluding hydrogens is 519 g/mol. The molecule has 0 radical (unpaired) electrons. The number of likely N-dealkylation sites (N-methyl/N-ethyl adjacent to an activating group) is 1. The van der Waals surface area contributed by atoms with Crippen LogP contribution in [0.3, 0.4) is 0 Å². The van der Waals surface area contributed by atoms with Crippen LogP contribution in [-0.4, -0.2) is 59.3 Å². The zero-order chi connectivity index (χ0) is 22.1. The summed E-state index contributed by atoms with van der Waals surface area (Å²) >= 11 is 0. The van der Waals surface area contributed by atoms with Crippen molar-refractivity contribution < 1.29 is 9.53 Å². The third-order valence-electron chi connectivity index (χ3n) is 5.26. The second kappa shape index (κ2) is 13.3. The lowest BCUT2D eigenvalue weighted by Crippen LogP contribution is -2.40. The van der Waals surface area contributed by atoms with Crippen LogP contribution >= 0.6 is 24.0 Å². The van der Waals surface area contributed by atoms with Gasteiger partial charge in [-0.3, -0.25) is 9.48 Å². The number of hydrogen-bond acceptors (Lipinski definition) is 4. The molecule has 1 aliphatic rings. The van der Waals surface area contributed by atoms with Gasteiger partial charge in [-0.05, 0) is 55.9 Å². The van der Waals surface area contributed by atoms with Crippen molar-refractivity contribution in [2.24, 2.45) is 18.0 Å². The highest BCUT2D eigenvalue weighted by atomic mass is 127. The second-order valence-corrected chi connectivity index (χ2v) is 7.89. The monoisotopic (exact) mass is 554 g/mol. The number of guanidine groups is 1. The van der Waals surface area contributed by atoms with Crippen molar-refractivity contribution in [2.45, 2.75) is 33.2 Å². The molecule has 0 aliphatic carbocycles. The maximum absolute atomic E-state index is 11.6. The van der Waals surface area contributed by atoms with Crippen LogP contribution in [0.1, 0.15) is 31.4 Å². The van der Waals surface area contributed by atoms with E-state index in [1.807, 2.05) is 49.1 Å². The van der Waals surface area contributed by atoms with Crippen LogP contribution in [0.15, 0.2) is 41.7 Å². The Morgan fingerprint density at radius 1 is 1.25 bits per heavy atom. The fourth-order valence-electron chi connectivity index (χ4n) is 3.82. The molecule has 1 aliphatic heterocycles. The highest BCUT2D eigenvalue weighted by Crippen LogP contribution is 2.21. The van der Waals surface area contributed by atoms with Crippen LogP contribution < -0.4 is 15.4 Å². The van der Waals surface area contributed by atoms with Gasteiger partial charge in [-0.2, -0.15) is 5.10 Å². The van der Waals surface area contributed by atoms with E-state index in [4.69, 9.17) is 9.73 Å². The standard InChI is InChI=1S/C23H34N6O2.HI/c1-4-24-22(30)17-31-21-8-6-7-18(12-21)13-26-23(25-5-2)29-10-9-19(16-29)11-20-14-27-28(3)15-20;/h6-8,12,14-15,19H,4-5,9-11,13,16-17H2,1-3H3,(H,24,30)(H,25,26);1H. The van der Waals surface area contributed by atoms with Crippen LogP contribution in [0.2, 0.25) is 0 Å². The number of aromatic nitrogens is 2. The number of likely N-dealkylation sites (tertiary alicyclic amines) is 1. The van der Waals surface area contributed by atoms with Crippen molar-refractivity contribution in [1.29, 1.82) is 0 Å². The number of aliphatic imine (C=N–C) groups is 1. The molecule has 0 bridgehead atoms. The van der Waals surface area contributed by atoms with Crippen molar-refractivity contribution in [3.63, 3.8) is 0 Å². The smallest absolute Gasteiger partial charge is 0.257 e. The minimum Gasteiger partial charge on any atom is -0.484 e. The Balaban J connectivity index is 0.00000363. The zero-order valence-electron chi connectivity index (χ0n) is 19.2. The van der Waals surface area contributed by atoms with E-state index in [9.17, 15) is 4.79 Å².